The number of furan rings is 1. The van der Waals surface area contributed by atoms with Crippen molar-refractivity contribution in [2.24, 2.45) is 0 Å². The molecule has 1 amide bonds. The SMILES string of the molecule is Cc1ccc(F)c([C@H](CC(=O)NCc2ccco2)c2c[nH]c3ccc([N+](=O)[O-])cc23)c1. The zero-order valence-electron chi connectivity index (χ0n) is 16.7. The summed E-state index contributed by atoms with van der Waals surface area (Å²) in [5.41, 5.74) is 2.44. The number of benzene rings is 2. The second-order valence-electron chi connectivity index (χ2n) is 7.37. The van der Waals surface area contributed by atoms with Crippen molar-refractivity contribution in [2.45, 2.75) is 25.8 Å². The zero-order chi connectivity index (χ0) is 22.0. The molecule has 8 heteroatoms. The third kappa shape index (κ3) is 4.32. The third-order valence-corrected chi connectivity index (χ3v) is 5.24. The summed E-state index contributed by atoms with van der Waals surface area (Å²) in [5.74, 6) is -0.752. The molecule has 0 spiro atoms. The van der Waals surface area contributed by atoms with E-state index < -0.39 is 16.7 Å². The van der Waals surface area contributed by atoms with E-state index in [4.69, 9.17) is 4.42 Å². The third-order valence-electron chi connectivity index (χ3n) is 5.24. The first-order valence-electron chi connectivity index (χ1n) is 9.73. The highest BCUT2D eigenvalue weighted by atomic mass is 19.1. The van der Waals surface area contributed by atoms with Crippen LogP contribution in [0.25, 0.3) is 10.9 Å². The number of carbonyl (C=O) groups excluding carboxylic acids is 1. The van der Waals surface area contributed by atoms with Gasteiger partial charge in [0.1, 0.15) is 11.6 Å². The second kappa shape index (κ2) is 8.43. The number of amides is 1. The maximum Gasteiger partial charge on any atom is 0.270 e. The van der Waals surface area contributed by atoms with Gasteiger partial charge in [0.2, 0.25) is 5.91 Å². The van der Waals surface area contributed by atoms with Gasteiger partial charge in [-0.1, -0.05) is 17.7 Å². The Kier molecular flexibility index (Phi) is 5.53. The maximum absolute atomic E-state index is 14.8. The molecule has 7 nitrogen and oxygen atoms in total. The molecule has 0 fully saturated rings. The molecule has 0 unspecified atom stereocenters. The molecule has 31 heavy (non-hydrogen) atoms. The zero-order valence-corrected chi connectivity index (χ0v) is 16.7. The number of nitrogens with one attached hydrogen (secondary N) is 2. The molecule has 4 rings (SSSR count). The fourth-order valence-corrected chi connectivity index (χ4v) is 3.71. The van der Waals surface area contributed by atoms with Gasteiger partial charge in [-0.3, -0.25) is 14.9 Å². The molecule has 0 aliphatic carbocycles. The standard InChI is InChI=1S/C23H20FN3O4/c1-14-4-6-21(24)18(9-14)17(11-23(28)26-12-16-3-2-8-31-16)20-13-25-22-7-5-15(27(29)30)10-19(20)22/h2-10,13,17,25H,11-12H2,1H3,(H,26,28)/t17-/m0/s1. The van der Waals surface area contributed by atoms with E-state index in [1.54, 1.807) is 36.5 Å². The molecule has 0 aliphatic heterocycles. The number of nitro groups is 1. The number of rotatable bonds is 7. The van der Waals surface area contributed by atoms with Gasteiger partial charge < -0.3 is 14.7 Å². The molecule has 2 aromatic heterocycles. The number of H-pyrrole nitrogens is 1. The van der Waals surface area contributed by atoms with Gasteiger partial charge in [0, 0.05) is 41.6 Å². The molecule has 2 N–H and O–H groups in total. The molecule has 0 bridgehead atoms. The molecule has 0 radical (unpaired) electrons. The first-order valence-corrected chi connectivity index (χ1v) is 9.73. The van der Waals surface area contributed by atoms with Crippen molar-refractivity contribution in [3.8, 4) is 0 Å². The normalized spacial score (nSPS) is 12.1. The molecule has 158 valence electrons. The number of carbonyl (C=O) groups is 1. The highest BCUT2D eigenvalue weighted by molar-refractivity contribution is 5.87. The number of aromatic amines is 1. The number of aromatic nitrogens is 1. The summed E-state index contributed by atoms with van der Waals surface area (Å²) in [7, 11) is 0. The van der Waals surface area contributed by atoms with E-state index in [1.807, 2.05) is 6.92 Å². The van der Waals surface area contributed by atoms with Gasteiger partial charge in [-0.15, -0.1) is 0 Å². The Hall–Kier alpha value is -3.94. The van der Waals surface area contributed by atoms with Gasteiger partial charge in [-0.05, 0) is 42.3 Å². The highest BCUT2D eigenvalue weighted by Crippen LogP contribution is 2.36. The highest BCUT2D eigenvalue weighted by Gasteiger charge is 2.25. The van der Waals surface area contributed by atoms with Crippen LogP contribution in [0, 0.1) is 22.9 Å². The van der Waals surface area contributed by atoms with Gasteiger partial charge in [0.05, 0.1) is 17.7 Å². The summed E-state index contributed by atoms with van der Waals surface area (Å²) in [5, 5.41) is 14.6. The molecular formula is C23H20FN3O4. The van der Waals surface area contributed by atoms with Crippen LogP contribution in [0.5, 0.6) is 0 Å². The summed E-state index contributed by atoms with van der Waals surface area (Å²) in [6.07, 6.45) is 3.17. The number of hydrogen-bond acceptors (Lipinski definition) is 4. The lowest BCUT2D eigenvalue weighted by Gasteiger charge is -2.18. The largest absolute Gasteiger partial charge is 0.467 e. The minimum Gasteiger partial charge on any atom is -0.467 e. The summed E-state index contributed by atoms with van der Waals surface area (Å²) >= 11 is 0. The van der Waals surface area contributed by atoms with Crippen molar-refractivity contribution in [3.05, 3.63) is 99.4 Å². The van der Waals surface area contributed by atoms with Crippen molar-refractivity contribution in [1.29, 1.82) is 0 Å². The Labute approximate surface area is 177 Å². The van der Waals surface area contributed by atoms with Crippen LogP contribution in [-0.4, -0.2) is 15.8 Å². The molecule has 0 saturated heterocycles. The lowest BCUT2D eigenvalue weighted by molar-refractivity contribution is -0.384. The number of hydrogen-bond donors (Lipinski definition) is 2. The average Bonchev–Trinajstić information content (AvgIpc) is 3.41. The Morgan fingerprint density at radius 2 is 2.06 bits per heavy atom. The smallest absolute Gasteiger partial charge is 0.270 e. The van der Waals surface area contributed by atoms with E-state index in [0.717, 1.165) is 5.56 Å². The maximum atomic E-state index is 14.8. The van der Waals surface area contributed by atoms with Gasteiger partial charge in [-0.2, -0.15) is 0 Å². The predicted molar refractivity (Wildman–Crippen MR) is 113 cm³/mol. The first kappa shape index (κ1) is 20.3. The van der Waals surface area contributed by atoms with Gasteiger partial charge >= 0.3 is 0 Å². The molecule has 0 aliphatic rings. The van der Waals surface area contributed by atoms with Crippen molar-refractivity contribution in [3.63, 3.8) is 0 Å². The predicted octanol–water partition coefficient (Wildman–Crippen LogP) is 4.96. The summed E-state index contributed by atoms with van der Waals surface area (Å²) in [6.45, 7) is 2.06. The summed E-state index contributed by atoms with van der Waals surface area (Å²) in [4.78, 5) is 26.6. The minimum absolute atomic E-state index is 0.0310. The van der Waals surface area contributed by atoms with Crippen molar-refractivity contribution >= 4 is 22.5 Å². The number of nitro benzene ring substituents is 1. The molecule has 0 saturated carbocycles. The Morgan fingerprint density at radius 3 is 2.81 bits per heavy atom. The van der Waals surface area contributed by atoms with Crippen molar-refractivity contribution < 1.29 is 18.5 Å². The lowest BCUT2D eigenvalue weighted by atomic mass is 9.86. The van der Waals surface area contributed by atoms with E-state index in [9.17, 15) is 19.3 Å². The van der Waals surface area contributed by atoms with Crippen LogP contribution in [0.4, 0.5) is 10.1 Å². The molecular weight excluding hydrogens is 401 g/mol. The van der Waals surface area contributed by atoms with Crippen LogP contribution >= 0.6 is 0 Å². The summed E-state index contributed by atoms with van der Waals surface area (Å²) < 4.78 is 20.0. The fraction of sp³-hybridized carbons (Fsp3) is 0.174. The number of nitrogens with zero attached hydrogens (tertiary/aromatic N) is 1. The van der Waals surface area contributed by atoms with Crippen LogP contribution in [0.2, 0.25) is 0 Å². The van der Waals surface area contributed by atoms with E-state index in [-0.39, 0.29) is 24.6 Å². The van der Waals surface area contributed by atoms with Crippen molar-refractivity contribution in [1.82, 2.24) is 10.3 Å². The first-order chi connectivity index (χ1) is 14.9. The van der Waals surface area contributed by atoms with Gasteiger partial charge in [-0.25, -0.2) is 4.39 Å². The number of fused-ring (bicyclic) bond motifs is 1. The topological polar surface area (TPSA) is 101 Å². The fourth-order valence-electron chi connectivity index (χ4n) is 3.71. The van der Waals surface area contributed by atoms with Crippen LogP contribution in [0.1, 0.15) is 34.8 Å². The summed E-state index contributed by atoms with van der Waals surface area (Å²) in [6, 6.07) is 12.7. The monoisotopic (exact) mass is 421 g/mol. The number of halogens is 1. The molecule has 2 aromatic carbocycles. The molecule has 2 heterocycles. The number of aryl methyl sites for hydroxylation is 1. The van der Waals surface area contributed by atoms with E-state index in [0.29, 0.717) is 27.8 Å². The second-order valence-corrected chi connectivity index (χ2v) is 7.37. The number of non-ortho nitro benzene ring substituents is 1. The van der Waals surface area contributed by atoms with E-state index in [1.165, 1.54) is 24.5 Å². The van der Waals surface area contributed by atoms with E-state index in [2.05, 4.69) is 10.3 Å². The van der Waals surface area contributed by atoms with Crippen molar-refractivity contribution in [2.75, 3.05) is 0 Å². The average molecular weight is 421 g/mol. The Morgan fingerprint density at radius 1 is 1.23 bits per heavy atom. The quantitative estimate of drug-likeness (QED) is 0.325. The van der Waals surface area contributed by atoms with E-state index >= 15 is 0 Å². The minimum atomic E-state index is -0.632. The van der Waals surface area contributed by atoms with Crippen LogP contribution < -0.4 is 5.32 Å². The van der Waals surface area contributed by atoms with Crippen LogP contribution in [0.3, 0.4) is 0 Å². The van der Waals surface area contributed by atoms with Crippen LogP contribution in [0.15, 0.2) is 65.4 Å². The lowest BCUT2D eigenvalue weighted by Crippen LogP contribution is -2.25. The molecule has 4 aromatic rings. The van der Waals surface area contributed by atoms with Gasteiger partial charge in [0.15, 0.2) is 0 Å². The Bertz CT molecular complexity index is 1250. The molecule has 1 atom stereocenters. The van der Waals surface area contributed by atoms with Crippen LogP contribution in [-0.2, 0) is 11.3 Å². The Balaban J connectivity index is 1.73. The van der Waals surface area contributed by atoms with Gasteiger partial charge in [0.25, 0.3) is 5.69 Å².